The summed E-state index contributed by atoms with van der Waals surface area (Å²) in [4.78, 5) is 2.30. The first kappa shape index (κ1) is 11.6. The van der Waals surface area contributed by atoms with Crippen LogP contribution in [0.15, 0.2) is 12.1 Å². The molecule has 2 rings (SSSR count). The molecule has 1 heterocycles. The van der Waals surface area contributed by atoms with E-state index in [0.29, 0.717) is 5.88 Å². The molecule has 0 aliphatic heterocycles. The first-order valence-electron chi connectivity index (χ1n) is 5.97. The van der Waals surface area contributed by atoms with Gasteiger partial charge in [0.25, 0.3) is 0 Å². The highest BCUT2D eigenvalue weighted by Crippen LogP contribution is 2.28. The quantitative estimate of drug-likeness (QED) is 0.740. The Morgan fingerprint density at radius 1 is 1.38 bits per heavy atom. The number of anilines is 1. The van der Waals surface area contributed by atoms with E-state index in [2.05, 4.69) is 22.0 Å². The van der Waals surface area contributed by atoms with Crippen molar-refractivity contribution in [3.05, 3.63) is 17.8 Å². The molecule has 0 aromatic carbocycles. The fourth-order valence-electron chi connectivity index (χ4n) is 1.96. The van der Waals surface area contributed by atoms with Crippen LogP contribution in [0, 0.1) is 5.92 Å². The van der Waals surface area contributed by atoms with Crippen LogP contribution in [0.3, 0.4) is 0 Å². The molecule has 0 saturated heterocycles. The Kier molecular flexibility index (Phi) is 3.99. The Morgan fingerprint density at radius 2 is 2.19 bits per heavy atom. The summed E-state index contributed by atoms with van der Waals surface area (Å²) in [5, 5.41) is 8.32. The summed E-state index contributed by atoms with van der Waals surface area (Å²) in [7, 11) is 0. The Labute approximate surface area is 102 Å². The normalized spacial score (nSPS) is 15.9. The van der Waals surface area contributed by atoms with Gasteiger partial charge in [-0.1, -0.05) is 6.42 Å². The van der Waals surface area contributed by atoms with E-state index in [-0.39, 0.29) is 0 Å². The van der Waals surface area contributed by atoms with Crippen LogP contribution in [0.1, 0.15) is 31.9 Å². The molecule has 16 heavy (non-hydrogen) atoms. The molecule has 88 valence electrons. The van der Waals surface area contributed by atoms with Crippen LogP contribution < -0.4 is 4.90 Å². The van der Waals surface area contributed by atoms with Crippen molar-refractivity contribution >= 4 is 17.4 Å². The molecule has 4 heteroatoms. The molecule has 1 aromatic heterocycles. The van der Waals surface area contributed by atoms with Gasteiger partial charge in [-0.05, 0) is 37.8 Å². The third-order valence-electron chi connectivity index (χ3n) is 3.25. The SMILES string of the molecule is CCN(CC1CCC1)c1ccc(CCl)nn1. The van der Waals surface area contributed by atoms with Crippen LogP contribution in [-0.2, 0) is 5.88 Å². The molecule has 1 aliphatic rings. The van der Waals surface area contributed by atoms with Gasteiger partial charge in [-0.2, -0.15) is 5.10 Å². The Bertz CT molecular complexity index is 322. The molecule has 0 N–H and O–H groups in total. The molecule has 1 aliphatic carbocycles. The van der Waals surface area contributed by atoms with Crippen molar-refractivity contribution < 1.29 is 0 Å². The average Bonchev–Trinajstić information content (AvgIpc) is 2.28. The summed E-state index contributed by atoms with van der Waals surface area (Å²) in [5.41, 5.74) is 0.838. The van der Waals surface area contributed by atoms with E-state index < -0.39 is 0 Å². The maximum atomic E-state index is 5.69. The molecular weight excluding hydrogens is 222 g/mol. The Morgan fingerprint density at radius 3 is 2.62 bits per heavy atom. The third kappa shape index (κ3) is 2.64. The van der Waals surface area contributed by atoms with E-state index in [4.69, 9.17) is 11.6 Å². The van der Waals surface area contributed by atoms with E-state index in [0.717, 1.165) is 30.5 Å². The van der Waals surface area contributed by atoms with Crippen LogP contribution >= 0.6 is 11.6 Å². The lowest BCUT2D eigenvalue weighted by Crippen LogP contribution is -2.33. The van der Waals surface area contributed by atoms with Crippen molar-refractivity contribution in [2.24, 2.45) is 5.92 Å². The fraction of sp³-hybridized carbons (Fsp3) is 0.667. The van der Waals surface area contributed by atoms with Crippen LogP contribution in [0.4, 0.5) is 5.82 Å². The minimum Gasteiger partial charge on any atom is -0.355 e. The number of hydrogen-bond donors (Lipinski definition) is 0. The highest BCUT2D eigenvalue weighted by Gasteiger charge is 2.20. The highest BCUT2D eigenvalue weighted by atomic mass is 35.5. The van der Waals surface area contributed by atoms with Gasteiger partial charge in [0.1, 0.15) is 0 Å². The van der Waals surface area contributed by atoms with Crippen LogP contribution in [-0.4, -0.2) is 23.3 Å². The van der Waals surface area contributed by atoms with Gasteiger partial charge in [0, 0.05) is 13.1 Å². The molecule has 0 bridgehead atoms. The van der Waals surface area contributed by atoms with Crippen LogP contribution in [0.25, 0.3) is 0 Å². The largest absolute Gasteiger partial charge is 0.355 e. The number of nitrogens with zero attached hydrogens (tertiary/aromatic N) is 3. The van der Waals surface area contributed by atoms with Gasteiger partial charge in [0.15, 0.2) is 5.82 Å². The number of rotatable bonds is 5. The molecular formula is C12H18ClN3. The molecule has 1 aromatic rings. The summed E-state index contributed by atoms with van der Waals surface area (Å²) >= 11 is 5.69. The molecule has 0 amide bonds. The number of aromatic nitrogens is 2. The second-order valence-corrected chi connectivity index (χ2v) is 4.62. The molecule has 1 saturated carbocycles. The zero-order chi connectivity index (χ0) is 11.4. The van der Waals surface area contributed by atoms with Crippen molar-refractivity contribution in [3.63, 3.8) is 0 Å². The van der Waals surface area contributed by atoms with Crippen molar-refractivity contribution in [1.29, 1.82) is 0 Å². The standard InChI is InChI=1S/C12H18ClN3/c1-2-16(9-10-4-3-5-10)12-7-6-11(8-13)14-15-12/h6-7,10H,2-5,8-9H2,1H3. The summed E-state index contributed by atoms with van der Waals surface area (Å²) in [5.74, 6) is 2.26. The summed E-state index contributed by atoms with van der Waals surface area (Å²) in [6.07, 6.45) is 4.12. The molecule has 0 radical (unpaired) electrons. The van der Waals surface area contributed by atoms with Gasteiger partial charge < -0.3 is 4.90 Å². The van der Waals surface area contributed by atoms with E-state index >= 15 is 0 Å². The lowest BCUT2D eigenvalue weighted by molar-refractivity contribution is 0.318. The number of alkyl halides is 1. The molecule has 0 spiro atoms. The fourth-order valence-corrected chi connectivity index (χ4v) is 2.11. The lowest BCUT2D eigenvalue weighted by atomic mass is 9.85. The zero-order valence-corrected chi connectivity index (χ0v) is 10.5. The maximum absolute atomic E-state index is 5.69. The smallest absolute Gasteiger partial charge is 0.151 e. The minimum atomic E-state index is 0.433. The Hall–Kier alpha value is -0.830. The zero-order valence-electron chi connectivity index (χ0n) is 9.69. The average molecular weight is 240 g/mol. The minimum absolute atomic E-state index is 0.433. The second kappa shape index (κ2) is 5.48. The summed E-state index contributed by atoms with van der Waals surface area (Å²) < 4.78 is 0. The Balaban J connectivity index is 2.00. The van der Waals surface area contributed by atoms with E-state index in [9.17, 15) is 0 Å². The molecule has 1 fully saturated rings. The predicted molar refractivity (Wildman–Crippen MR) is 66.8 cm³/mol. The van der Waals surface area contributed by atoms with Gasteiger partial charge in [0.2, 0.25) is 0 Å². The molecule has 3 nitrogen and oxygen atoms in total. The van der Waals surface area contributed by atoms with Crippen molar-refractivity contribution in [3.8, 4) is 0 Å². The molecule has 0 atom stereocenters. The summed E-state index contributed by atoms with van der Waals surface area (Å²) in [6, 6.07) is 3.98. The second-order valence-electron chi connectivity index (χ2n) is 4.35. The lowest BCUT2D eigenvalue weighted by Gasteiger charge is -2.32. The van der Waals surface area contributed by atoms with Crippen LogP contribution in [0.5, 0.6) is 0 Å². The van der Waals surface area contributed by atoms with Crippen molar-refractivity contribution in [2.45, 2.75) is 32.1 Å². The van der Waals surface area contributed by atoms with Gasteiger partial charge in [0.05, 0.1) is 11.6 Å². The van der Waals surface area contributed by atoms with Crippen LogP contribution in [0.2, 0.25) is 0 Å². The first-order valence-corrected chi connectivity index (χ1v) is 6.50. The van der Waals surface area contributed by atoms with E-state index in [1.54, 1.807) is 0 Å². The van der Waals surface area contributed by atoms with Crippen molar-refractivity contribution in [1.82, 2.24) is 10.2 Å². The van der Waals surface area contributed by atoms with Gasteiger partial charge in [-0.25, -0.2) is 0 Å². The first-order chi connectivity index (χ1) is 7.83. The highest BCUT2D eigenvalue weighted by molar-refractivity contribution is 6.16. The van der Waals surface area contributed by atoms with E-state index in [1.165, 1.54) is 19.3 Å². The van der Waals surface area contributed by atoms with E-state index in [1.807, 2.05) is 12.1 Å². The third-order valence-corrected chi connectivity index (χ3v) is 3.53. The van der Waals surface area contributed by atoms with Gasteiger partial charge in [-0.15, -0.1) is 16.7 Å². The molecule has 0 unspecified atom stereocenters. The topological polar surface area (TPSA) is 29.0 Å². The van der Waals surface area contributed by atoms with Gasteiger partial charge in [-0.3, -0.25) is 0 Å². The number of halogens is 1. The maximum Gasteiger partial charge on any atom is 0.151 e. The van der Waals surface area contributed by atoms with Gasteiger partial charge >= 0.3 is 0 Å². The van der Waals surface area contributed by atoms with Crippen molar-refractivity contribution in [2.75, 3.05) is 18.0 Å². The predicted octanol–water partition coefficient (Wildman–Crippen LogP) is 2.84. The summed E-state index contributed by atoms with van der Waals surface area (Å²) in [6.45, 7) is 4.27. The monoisotopic (exact) mass is 239 g/mol. The number of hydrogen-bond acceptors (Lipinski definition) is 3.